The molecule has 9 nitrogen and oxygen atoms in total. The first-order valence-electron chi connectivity index (χ1n) is 15.8. The number of likely N-dealkylation sites (N-methyl/N-ethyl adjacent to an activating group) is 1. The number of rotatable bonds is 9. The maximum absolute atomic E-state index is 14.3. The lowest BCUT2D eigenvalue weighted by atomic mass is 10.0. The molecular formula is C35H46ClN3O6S. The van der Waals surface area contributed by atoms with Crippen LogP contribution in [0.5, 0.6) is 5.75 Å². The van der Waals surface area contributed by atoms with E-state index < -0.39 is 16.1 Å². The Morgan fingerprint density at radius 1 is 1.07 bits per heavy atom. The first-order valence-corrected chi connectivity index (χ1v) is 17.7. The summed E-state index contributed by atoms with van der Waals surface area (Å²) in [4.78, 5) is 18.2. The highest BCUT2D eigenvalue weighted by molar-refractivity contribution is 7.92. The van der Waals surface area contributed by atoms with Gasteiger partial charge in [-0.3, -0.25) is 14.4 Å². The van der Waals surface area contributed by atoms with Crippen molar-refractivity contribution < 1.29 is 27.8 Å². The number of sulfonamides is 1. The van der Waals surface area contributed by atoms with Crippen molar-refractivity contribution in [1.29, 1.82) is 0 Å². The largest absolute Gasteiger partial charge is 0.490 e. The highest BCUT2D eigenvalue weighted by Gasteiger charge is 2.30. The van der Waals surface area contributed by atoms with Crippen LogP contribution in [0.3, 0.4) is 0 Å². The number of nitrogens with zero attached hydrogens (tertiary/aromatic N) is 2. The highest BCUT2D eigenvalue weighted by Crippen LogP contribution is 2.30. The molecular weight excluding hydrogens is 626 g/mol. The lowest BCUT2D eigenvalue weighted by Gasteiger charge is -2.36. The zero-order chi connectivity index (χ0) is 33.3. The molecule has 0 saturated heterocycles. The molecule has 3 aromatic carbocycles. The van der Waals surface area contributed by atoms with Crippen molar-refractivity contribution in [2.75, 3.05) is 38.1 Å². The van der Waals surface area contributed by atoms with Gasteiger partial charge in [-0.2, -0.15) is 0 Å². The average molecular weight is 672 g/mol. The molecule has 2 N–H and O–H groups in total. The van der Waals surface area contributed by atoms with Crippen molar-refractivity contribution in [2.45, 2.75) is 69.7 Å². The van der Waals surface area contributed by atoms with Gasteiger partial charge < -0.3 is 19.5 Å². The number of carbonyl (C=O) groups excluding carboxylic acids is 1. The van der Waals surface area contributed by atoms with Crippen LogP contribution in [0, 0.1) is 5.92 Å². The molecule has 1 aliphatic rings. The van der Waals surface area contributed by atoms with Gasteiger partial charge in [0.15, 0.2) is 0 Å². The number of anilines is 1. The topological polar surface area (TPSA) is 108 Å². The van der Waals surface area contributed by atoms with Crippen LogP contribution >= 0.6 is 11.6 Å². The molecule has 46 heavy (non-hydrogen) atoms. The average Bonchev–Trinajstić information content (AvgIpc) is 3.03. The third-order valence-electron chi connectivity index (χ3n) is 8.21. The second kappa shape index (κ2) is 16.6. The fourth-order valence-electron chi connectivity index (χ4n) is 5.54. The number of aliphatic hydroxyl groups excluding tert-OH is 1. The number of hydrogen-bond acceptors (Lipinski definition) is 7. The van der Waals surface area contributed by atoms with Crippen molar-refractivity contribution in [3.05, 3.63) is 88.9 Å². The minimum Gasteiger partial charge on any atom is -0.490 e. The van der Waals surface area contributed by atoms with E-state index in [2.05, 4.69) is 35.7 Å². The Bertz CT molecular complexity index is 1520. The molecule has 3 aromatic rings. The first-order chi connectivity index (χ1) is 22.0. The van der Waals surface area contributed by atoms with Gasteiger partial charge in [0.05, 0.1) is 35.3 Å². The normalized spacial score (nSPS) is 20.8. The molecule has 4 atom stereocenters. The summed E-state index contributed by atoms with van der Waals surface area (Å²) in [5.74, 6) is -0.0761. The molecule has 1 aliphatic heterocycles. The van der Waals surface area contributed by atoms with Crippen molar-refractivity contribution in [3.63, 3.8) is 0 Å². The number of carbonyl (C=O) groups is 1. The lowest BCUT2D eigenvalue weighted by Crippen LogP contribution is -2.47. The first kappa shape index (κ1) is 35.7. The van der Waals surface area contributed by atoms with Gasteiger partial charge in [-0.1, -0.05) is 48.9 Å². The quantitative estimate of drug-likeness (QED) is 0.284. The van der Waals surface area contributed by atoms with E-state index in [1.165, 1.54) is 35.9 Å². The SMILES string of the molecule is C[C@@H]1CCCCO[C@H](CN(C)Cc2ccccc2)[C@H](C)CN([C@H](C)CO)C(=O)c2cc(NS(=O)(=O)c3ccc(Cl)cc3)ccc2O1. The van der Waals surface area contributed by atoms with Gasteiger partial charge in [0.25, 0.3) is 15.9 Å². The van der Waals surface area contributed by atoms with E-state index in [1.807, 2.05) is 25.1 Å². The van der Waals surface area contributed by atoms with Crippen LogP contribution in [-0.4, -0.2) is 80.8 Å². The number of ether oxygens (including phenoxy) is 2. The van der Waals surface area contributed by atoms with Crippen molar-refractivity contribution >= 4 is 33.2 Å². The van der Waals surface area contributed by atoms with Crippen LogP contribution in [0.25, 0.3) is 0 Å². The number of fused-ring (bicyclic) bond motifs is 1. The Morgan fingerprint density at radius 3 is 2.48 bits per heavy atom. The molecule has 0 aliphatic carbocycles. The smallest absolute Gasteiger partial charge is 0.261 e. The summed E-state index contributed by atoms with van der Waals surface area (Å²) < 4.78 is 41.6. The highest BCUT2D eigenvalue weighted by atomic mass is 35.5. The Labute approximate surface area is 278 Å². The molecule has 0 unspecified atom stereocenters. The lowest BCUT2D eigenvalue weighted by molar-refractivity contribution is -0.0177. The monoisotopic (exact) mass is 671 g/mol. The predicted octanol–water partition coefficient (Wildman–Crippen LogP) is 6.07. The van der Waals surface area contributed by atoms with Crippen LogP contribution in [0.4, 0.5) is 5.69 Å². The second-order valence-electron chi connectivity index (χ2n) is 12.3. The number of benzene rings is 3. The third kappa shape index (κ3) is 9.92. The number of nitrogens with one attached hydrogen (secondary N) is 1. The van der Waals surface area contributed by atoms with Gasteiger partial charge in [0.1, 0.15) is 5.75 Å². The van der Waals surface area contributed by atoms with Gasteiger partial charge in [0.2, 0.25) is 0 Å². The zero-order valence-electron chi connectivity index (χ0n) is 27.1. The standard InChI is InChI=1S/C35H46ClN3O6S/c1-25-21-39(26(2)24-40)35(41)32-20-30(37-46(42,43)31-16-13-29(36)14-17-31)15-18-33(32)45-27(3)10-8-9-19-44-34(25)23-38(4)22-28-11-6-5-7-12-28/h5-7,11-18,20,25-27,34,37,40H,8-10,19,21-24H2,1-4H3/t25-,26-,27-,34-/m1/s1. The maximum Gasteiger partial charge on any atom is 0.261 e. The van der Waals surface area contributed by atoms with Gasteiger partial charge in [-0.05, 0) is 88.2 Å². The molecule has 0 fully saturated rings. The molecule has 4 rings (SSSR count). The second-order valence-corrected chi connectivity index (χ2v) is 14.4. The molecule has 1 amide bonds. The Balaban J connectivity index is 1.64. The van der Waals surface area contributed by atoms with Crippen LogP contribution < -0.4 is 9.46 Å². The molecule has 0 saturated carbocycles. The fourth-order valence-corrected chi connectivity index (χ4v) is 6.72. The van der Waals surface area contributed by atoms with Crippen molar-refractivity contribution in [3.8, 4) is 5.75 Å². The predicted molar refractivity (Wildman–Crippen MR) is 182 cm³/mol. The molecule has 1 heterocycles. The van der Waals surface area contributed by atoms with Gasteiger partial charge in [-0.15, -0.1) is 0 Å². The molecule has 0 radical (unpaired) electrons. The molecule has 0 aromatic heterocycles. The number of hydrogen-bond donors (Lipinski definition) is 2. The molecule has 0 bridgehead atoms. The summed E-state index contributed by atoms with van der Waals surface area (Å²) in [5.41, 5.74) is 1.64. The van der Waals surface area contributed by atoms with Crippen LogP contribution in [0.2, 0.25) is 5.02 Å². The van der Waals surface area contributed by atoms with Crippen LogP contribution in [0.15, 0.2) is 77.7 Å². The molecule has 11 heteroatoms. The van der Waals surface area contributed by atoms with E-state index in [1.54, 1.807) is 24.0 Å². The van der Waals surface area contributed by atoms with E-state index in [9.17, 15) is 18.3 Å². The Hall–Kier alpha value is -3.15. The van der Waals surface area contributed by atoms with E-state index >= 15 is 0 Å². The van der Waals surface area contributed by atoms with E-state index in [4.69, 9.17) is 21.1 Å². The zero-order valence-corrected chi connectivity index (χ0v) is 28.6. The summed E-state index contributed by atoms with van der Waals surface area (Å²) in [7, 11) is -1.89. The summed E-state index contributed by atoms with van der Waals surface area (Å²) in [6.07, 6.45) is 2.16. The van der Waals surface area contributed by atoms with Gasteiger partial charge >= 0.3 is 0 Å². The van der Waals surface area contributed by atoms with Crippen LogP contribution in [-0.2, 0) is 21.3 Å². The number of halogens is 1. The van der Waals surface area contributed by atoms with E-state index in [-0.39, 0.29) is 46.8 Å². The van der Waals surface area contributed by atoms with E-state index in [0.29, 0.717) is 30.5 Å². The molecule has 250 valence electrons. The summed E-state index contributed by atoms with van der Waals surface area (Å²) in [5, 5.41) is 10.6. The fraction of sp³-hybridized carbons (Fsp3) is 0.457. The van der Waals surface area contributed by atoms with Crippen molar-refractivity contribution in [2.24, 2.45) is 5.92 Å². The minimum absolute atomic E-state index is 0.0424. The summed E-state index contributed by atoms with van der Waals surface area (Å²) in [6, 6.07) is 20.3. The Morgan fingerprint density at radius 2 is 1.78 bits per heavy atom. The van der Waals surface area contributed by atoms with Gasteiger partial charge in [-0.25, -0.2) is 8.42 Å². The van der Waals surface area contributed by atoms with Crippen molar-refractivity contribution in [1.82, 2.24) is 9.80 Å². The third-order valence-corrected chi connectivity index (χ3v) is 9.86. The van der Waals surface area contributed by atoms with Crippen LogP contribution in [0.1, 0.15) is 56.0 Å². The van der Waals surface area contributed by atoms with Gasteiger partial charge in [0, 0.05) is 42.9 Å². The summed E-state index contributed by atoms with van der Waals surface area (Å²) >= 11 is 5.95. The number of aliphatic hydroxyl groups is 1. The summed E-state index contributed by atoms with van der Waals surface area (Å²) in [6.45, 7) is 7.91. The number of amides is 1. The Kier molecular flexibility index (Phi) is 12.9. The molecule has 0 spiro atoms. The van der Waals surface area contributed by atoms with E-state index in [0.717, 1.165) is 25.8 Å². The maximum atomic E-state index is 14.3. The minimum atomic E-state index is -3.95.